The Morgan fingerprint density at radius 3 is 2.70 bits per heavy atom. The minimum absolute atomic E-state index is 0. The average Bonchev–Trinajstić information content (AvgIpc) is 3.03. The lowest BCUT2D eigenvalue weighted by Gasteiger charge is -2.09. The number of hydrogen-bond donors (Lipinski definition) is 2. The standard InChI is InChI=1S/C16H21N3O2S.ClH/c1-3-8-21-13-6-4-12(5-7-13)16-19-14(10-22-16)15(20)18-11(2)9-17;/h4-7,10-11H,3,8-9,17H2,1-2H3,(H,18,20);1H/t11-;/m0./s1. The molecule has 1 atom stereocenters. The van der Waals surface area contributed by atoms with Crippen LogP contribution in [-0.4, -0.2) is 30.1 Å². The Morgan fingerprint density at radius 1 is 1.39 bits per heavy atom. The van der Waals surface area contributed by atoms with Crippen LogP contribution in [0, 0.1) is 0 Å². The molecule has 0 saturated heterocycles. The van der Waals surface area contributed by atoms with Gasteiger partial charge in [0.05, 0.1) is 6.61 Å². The molecule has 0 fully saturated rings. The van der Waals surface area contributed by atoms with Gasteiger partial charge in [-0.25, -0.2) is 4.98 Å². The average molecular weight is 356 g/mol. The summed E-state index contributed by atoms with van der Waals surface area (Å²) in [4.78, 5) is 16.4. The Balaban J connectivity index is 0.00000264. The minimum Gasteiger partial charge on any atom is -0.494 e. The van der Waals surface area contributed by atoms with Crippen LogP contribution in [0.1, 0.15) is 30.8 Å². The fourth-order valence-electron chi connectivity index (χ4n) is 1.78. The third-order valence-electron chi connectivity index (χ3n) is 3.04. The Kier molecular flexibility index (Phi) is 8.02. The molecule has 126 valence electrons. The quantitative estimate of drug-likeness (QED) is 0.800. The molecule has 0 bridgehead atoms. The highest BCUT2D eigenvalue weighted by molar-refractivity contribution is 7.13. The van der Waals surface area contributed by atoms with Crippen LogP contribution >= 0.6 is 23.7 Å². The number of rotatable bonds is 7. The first kappa shape index (κ1) is 19.4. The number of thiazole rings is 1. The molecule has 1 aromatic carbocycles. The SMILES string of the molecule is CCCOc1ccc(-c2nc(C(=O)N[C@@H](C)CN)cs2)cc1.Cl. The van der Waals surface area contributed by atoms with E-state index in [9.17, 15) is 4.79 Å². The van der Waals surface area contributed by atoms with Crippen LogP contribution in [0.3, 0.4) is 0 Å². The van der Waals surface area contributed by atoms with Crippen molar-refractivity contribution >= 4 is 29.7 Å². The maximum absolute atomic E-state index is 12.0. The molecule has 23 heavy (non-hydrogen) atoms. The molecule has 0 saturated carbocycles. The number of nitrogens with two attached hydrogens (primary N) is 1. The predicted octanol–water partition coefficient (Wildman–Crippen LogP) is 3.10. The number of aromatic nitrogens is 1. The second-order valence-electron chi connectivity index (χ2n) is 5.02. The highest BCUT2D eigenvalue weighted by Gasteiger charge is 2.13. The van der Waals surface area contributed by atoms with Gasteiger partial charge in [-0.15, -0.1) is 23.7 Å². The van der Waals surface area contributed by atoms with E-state index < -0.39 is 0 Å². The Morgan fingerprint density at radius 2 is 2.09 bits per heavy atom. The first-order valence-corrected chi connectivity index (χ1v) is 8.21. The maximum Gasteiger partial charge on any atom is 0.271 e. The number of carbonyl (C=O) groups is 1. The number of halogens is 1. The molecule has 0 aliphatic rings. The van der Waals surface area contributed by atoms with Crippen molar-refractivity contribution in [2.45, 2.75) is 26.3 Å². The Bertz CT molecular complexity index is 616. The second kappa shape index (κ2) is 9.50. The second-order valence-corrected chi connectivity index (χ2v) is 5.88. The molecule has 1 amide bonds. The summed E-state index contributed by atoms with van der Waals surface area (Å²) in [5.41, 5.74) is 6.89. The molecule has 1 aromatic heterocycles. The molecule has 2 rings (SSSR count). The first-order chi connectivity index (χ1) is 10.6. The Hall–Kier alpha value is -1.63. The molecule has 0 aliphatic carbocycles. The van der Waals surface area contributed by atoms with Gasteiger partial charge in [0.2, 0.25) is 0 Å². The van der Waals surface area contributed by atoms with Gasteiger partial charge in [0.15, 0.2) is 0 Å². The number of nitrogens with one attached hydrogen (secondary N) is 1. The zero-order chi connectivity index (χ0) is 15.9. The van der Waals surface area contributed by atoms with E-state index in [4.69, 9.17) is 10.5 Å². The van der Waals surface area contributed by atoms with Gasteiger partial charge in [-0.3, -0.25) is 4.79 Å². The minimum atomic E-state index is -0.191. The number of carbonyl (C=O) groups excluding carboxylic acids is 1. The summed E-state index contributed by atoms with van der Waals surface area (Å²) in [6.45, 7) is 5.05. The van der Waals surface area contributed by atoms with E-state index in [1.54, 1.807) is 5.38 Å². The lowest BCUT2D eigenvalue weighted by atomic mass is 10.2. The maximum atomic E-state index is 12.0. The van der Waals surface area contributed by atoms with Gasteiger partial charge >= 0.3 is 0 Å². The summed E-state index contributed by atoms with van der Waals surface area (Å²) in [6.07, 6.45) is 0.980. The third-order valence-corrected chi connectivity index (χ3v) is 3.93. The molecule has 1 heterocycles. The number of benzene rings is 1. The van der Waals surface area contributed by atoms with E-state index in [1.807, 2.05) is 31.2 Å². The zero-order valence-corrected chi connectivity index (χ0v) is 14.9. The van der Waals surface area contributed by atoms with Crippen LogP contribution in [0.25, 0.3) is 10.6 Å². The van der Waals surface area contributed by atoms with Crippen molar-refractivity contribution in [1.82, 2.24) is 10.3 Å². The van der Waals surface area contributed by atoms with Crippen LogP contribution < -0.4 is 15.8 Å². The summed E-state index contributed by atoms with van der Waals surface area (Å²) < 4.78 is 5.55. The van der Waals surface area contributed by atoms with Gasteiger partial charge < -0.3 is 15.8 Å². The van der Waals surface area contributed by atoms with Crippen LogP contribution in [0.2, 0.25) is 0 Å². The van der Waals surface area contributed by atoms with Crippen molar-refractivity contribution in [1.29, 1.82) is 0 Å². The van der Waals surface area contributed by atoms with Crippen LogP contribution in [0.5, 0.6) is 5.75 Å². The molecular weight excluding hydrogens is 334 g/mol. The monoisotopic (exact) mass is 355 g/mol. The topological polar surface area (TPSA) is 77.2 Å². The Labute approximate surface area is 146 Å². The van der Waals surface area contributed by atoms with E-state index in [0.717, 1.165) is 22.7 Å². The summed E-state index contributed by atoms with van der Waals surface area (Å²) in [7, 11) is 0. The van der Waals surface area contributed by atoms with Crippen LogP contribution in [-0.2, 0) is 0 Å². The van der Waals surface area contributed by atoms with Gasteiger partial charge in [0.1, 0.15) is 16.5 Å². The third kappa shape index (κ3) is 5.49. The molecule has 0 unspecified atom stereocenters. The van der Waals surface area contributed by atoms with E-state index >= 15 is 0 Å². The van der Waals surface area contributed by atoms with Gasteiger partial charge in [-0.1, -0.05) is 6.92 Å². The van der Waals surface area contributed by atoms with Gasteiger partial charge in [0, 0.05) is 23.5 Å². The number of ether oxygens (including phenoxy) is 1. The van der Waals surface area contributed by atoms with E-state index in [-0.39, 0.29) is 24.4 Å². The molecule has 0 radical (unpaired) electrons. The van der Waals surface area contributed by atoms with E-state index in [2.05, 4.69) is 17.2 Å². The summed E-state index contributed by atoms with van der Waals surface area (Å²) in [6, 6.07) is 7.68. The molecule has 3 N–H and O–H groups in total. The highest BCUT2D eigenvalue weighted by atomic mass is 35.5. The smallest absolute Gasteiger partial charge is 0.271 e. The van der Waals surface area contributed by atoms with Crippen molar-refractivity contribution in [3.8, 4) is 16.3 Å². The van der Waals surface area contributed by atoms with Gasteiger partial charge in [-0.05, 0) is 37.6 Å². The van der Waals surface area contributed by atoms with Crippen molar-refractivity contribution in [2.75, 3.05) is 13.2 Å². The van der Waals surface area contributed by atoms with Crippen LogP contribution in [0.4, 0.5) is 0 Å². The lowest BCUT2D eigenvalue weighted by molar-refractivity contribution is 0.0937. The van der Waals surface area contributed by atoms with Crippen molar-refractivity contribution < 1.29 is 9.53 Å². The number of amides is 1. The fraction of sp³-hybridized carbons (Fsp3) is 0.375. The number of nitrogens with zero attached hydrogens (tertiary/aromatic N) is 1. The molecule has 0 spiro atoms. The molecular formula is C16H22ClN3O2S. The molecule has 7 heteroatoms. The van der Waals surface area contributed by atoms with E-state index in [0.29, 0.717) is 18.8 Å². The molecule has 2 aromatic rings. The molecule has 5 nitrogen and oxygen atoms in total. The highest BCUT2D eigenvalue weighted by Crippen LogP contribution is 2.25. The first-order valence-electron chi connectivity index (χ1n) is 7.33. The summed E-state index contributed by atoms with van der Waals surface area (Å²) in [5.74, 6) is 0.653. The van der Waals surface area contributed by atoms with Crippen molar-refractivity contribution in [2.24, 2.45) is 5.73 Å². The largest absolute Gasteiger partial charge is 0.494 e. The van der Waals surface area contributed by atoms with Gasteiger partial charge in [-0.2, -0.15) is 0 Å². The fourth-order valence-corrected chi connectivity index (χ4v) is 2.59. The number of hydrogen-bond acceptors (Lipinski definition) is 5. The van der Waals surface area contributed by atoms with Crippen LogP contribution in [0.15, 0.2) is 29.6 Å². The predicted molar refractivity (Wildman–Crippen MR) is 96.6 cm³/mol. The zero-order valence-electron chi connectivity index (χ0n) is 13.2. The van der Waals surface area contributed by atoms with E-state index in [1.165, 1.54) is 11.3 Å². The summed E-state index contributed by atoms with van der Waals surface area (Å²) >= 11 is 1.45. The normalized spacial score (nSPS) is 11.4. The lowest BCUT2D eigenvalue weighted by Crippen LogP contribution is -2.37. The van der Waals surface area contributed by atoms with Gasteiger partial charge in [0.25, 0.3) is 5.91 Å². The van der Waals surface area contributed by atoms with Crippen molar-refractivity contribution in [3.05, 3.63) is 35.3 Å². The molecule has 0 aliphatic heterocycles. The van der Waals surface area contributed by atoms with Crippen molar-refractivity contribution in [3.63, 3.8) is 0 Å². The summed E-state index contributed by atoms with van der Waals surface area (Å²) in [5, 5.41) is 5.38.